The van der Waals surface area contributed by atoms with Gasteiger partial charge in [0.05, 0.1) is 38.4 Å². The minimum absolute atomic E-state index is 0.0385. The Bertz CT molecular complexity index is 826. The number of methoxy groups -OCH3 is 1. The maximum absolute atomic E-state index is 12.8. The number of para-hydroxylation sites is 1. The number of carbonyl (C=O) groups excluding carboxylic acids is 1. The van der Waals surface area contributed by atoms with Crippen molar-refractivity contribution in [3.63, 3.8) is 0 Å². The van der Waals surface area contributed by atoms with E-state index < -0.39 is 22.2 Å². The van der Waals surface area contributed by atoms with Gasteiger partial charge in [0.2, 0.25) is 15.9 Å². The average molecular weight is 442 g/mol. The predicted octanol–water partition coefficient (Wildman–Crippen LogP) is 0.0461. The van der Waals surface area contributed by atoms with Crippen molar-refractivity contribution < 1.29 is 27.8 Å². The van der Waals surface area contributed by atoms with Crippen LogP contribution in [0.3, 0.4) is 0 Å². The van der Waals surface area contributed by atoms with Crippen LogP contribution in [-0.4, -0.2) is 94.4 Å². The maximum atomic E-state index is 12.8. The van der Waals surface area contributed by atoms with E-state index in [1.54, 1.807) is 18.2 Å². The van der Waals surface area contributed by atoms with E-state index >= 15 is 0 Å². The molecular weight excluding hydrogens is 410 g/mol. The number of nitrogens with one attached hydrogen (secondary N) is 1. The number of rotatable bonds is 7. The van der Waals surface area contributed by atoms with Crippen LogP contribution in [0.25, 0.3) is 0 Å². The van der Waals surface area contributed by atoms with Gasteiger partial charge in [0.15, 0.2) is 0 Å². The number of ether oxygens (including phenoxy) is 2. The summed E-state index contributed by atoms with van der Waals surface area (Å²) in [6.07, 6.45) is 0.205. The zero-order valence-corrected chi connectivity index (χ0v) is 18.3. The summed E-state index contributed by atoms with van der Waals surface area (Å²) in [6.45, 7) is 2.77. The van der Waals surface area contributed by atoms with Crippen LogP contribution in [0.5, 0.6) is 5.75 Å². The number of aliphatic hydroxyl groups excluding tert-OH is 1. The molecule has 1 amide bonds. The molecule has 2 saturated heterocycles. The van der Waals surface area contributed by atoms with E-state index in [0.717, 1.165) is 13.1 Å². The fourth-order valence-corrected chi connectivity index (χ4v) is 5.37. The number of aliphatic hydroxyl groups is 1. The first-order chi connectivity index (χ1) is 14.3. The van der Waals surface area contributed by atoms with E-state index in [-0.39, 0.29) is 35.7 Å². The van der Waals surface area contributed by atoms with Gasteiger partial charge < -0.3 is 24.4 Å². The number of likely N-dealkylation sites (N-methyl/N-ethyl adjacent to an activating group) is 1. The summed E-state index contributed by atoms with van der Waals surface area (Å²) in [5, 5.41) is 9.77. The molecule has 0 spiro atoms. The first-order valence-electron chi connectivity index (χ1n) is 10.2. The van der Waals surface area contributed by atoms with Crippen molar-refractivity contribution in [3.05, 3.63) is 24.3 Å². The summed E-state index contributed by atoms with van der Waals surface area (Å²) in [5.41, 5.74) is 0. The Hall–Kier alpha value is -1.72. The van der Waals surface area contributed by atoms with Crippen LogP contribution in [0.15, 0.2) is 29.2 Å². The van der Waals surface area contributed by atoms with Gasteiger partial charge in [-0.15, -0.1) is 0 Å². The standard InChI is InChI=1S/C20H31N3O6S/c1-22-9-11-23(12-10-22)20(25)13-15-7-8-16(18(14-24)29-15)21-30(26,27)19-6-4-3-5-17(19)28-2/h3-6,15-16,18,21,24H,7-14H2,1-2H3/t15-,16-,18-/m0/s1. The number of nitrogens with zero attached hydrogens (tertiary/aromatic N) is 2. The molecule has 2 N–H and O–H groups in total. The van der Waals surface area contributed by atoms with Gasteiger partial charge >= 0.3 is 0 Å². The molecule has 1 aromatic rings. The van der Waals surface area contributed by atoms with Gasteiger partial charge in [0.25, 0.3) is 0 Å². The number of carbonyl (C=O) groups is 1. The second-order valence-corrected chi connectivity index (χ2v) is 9.51. The lowest BCUT2D eigenvalue weighted by Gasteiger charge is -2.37. The zero-order chi connectivity index (χ0) is 21.7. The lowest BCUT2D eigenvalue weighted by molar-refractivity contribution is -0.141. The van der Waals surface area contributed by atoms with Crippen LogP contribution in [0.1, 0.15) is 19.3 Å². The van der Waals surface area contributed by atoms with Crippen molar-refractivity contribution in [2.75, 3.05) is 46.9 Å². The largest absolute Gasteiger partial charge is 0.495 e. The van der Waals surface area contributed by atoms with Crippen LogP contribution >= 0.6 is 0 Å². The van der Waals surface area contributed by atoms with E-state index in [9.17, 15) is 18.3 Å². The van der Waals surface area contributed by atoms with Gasteiger partial charge in [-0.25, -0.2) is 13.1 Å². The molecule has 0 unspecified atom stereocenters. The molecule has 2 fully saturated rings. The molecule has 168 valence electrons. The zero-order valence-electron chi connectivity index (χ0n) is 17.5. The van der Waals surface area contributed by atoms with Crippen LogP contribution < -0.4 is 9.46 Å². The smallest absolute Gasteiger partial charge is 0.244 e. The van der Waals surface area contributed by atoms with E-state index in [2.05, 4.69) is 9.62 Å². The van der Waals surface area contributed by atoms with Crippen LogP contribution in [-0.2, 0) is 19.6 Å². The molecule has 0 aliphatic carbocycles. The maximum Gasteiger partial charge on any atom is 0.244 e. The minimum Gasteiger partial charge on any atom is -0.495 e. The molecule has 0 bridgehead atoms. The van der Waals surface area contributed by atoms with Gasteiger partial charge in [-0.3, -0.25) is 4.79 Å². The number of sulfonamides is 1. The molecule has 1 aromatic carbocycles. The fourth-order valence-electron chi connectivity index (χ4n) is 3.90. The Morgan fingerprint density at radius 3 is 2.60 bits per heavy atom. The lowest BCUT2D eigenvalue weighted by Crippen LogP contribution is -2.52. The third-order valence-corrected chi connectivity index (χ3v) is 7.25. The van der Waals surface area contributed by atoms with Crippen LogP contribution in [0, 0.1) is 0 Å². The Morgan fingerprint density at radius 2 is 1.93 bits per heavy atom. The van der Waals surface area contributed by atoms with E-state index in [1.165, 1.54) is 13.2 Å². The van der Waals surface area contributed by atoms with E-state index in [1.807, 2.05) is 11.9 Å². The molecular formula is C20H31N3O6S. The third kappa shape index (κ3) is 5.50. The number of benzene rings is 1. The van der Waals surface area contributed by atoms with E-state index in [4.69, 9.17) is 9.47 Å². The summed E-state index contributed by atoms with van der Waals surface area (Å²) in [6, 6.07) is 5.78. The van der Waals surface area contributed by atoms with E-state index in [0.29, 0.717) is 25.9 Å². The van der Waals surface area contributed by atoms with Gasteiger partial charge in [-0.2, -0.15) is 0 Å². The summed E-state index contributed by atoms with van der Waals surface area (Å²) in [7, 11) is -0.409. The number of hydrogen-bond acceptors (Lipinski definition) is 7. The molecule has 3 atom stereocenters. The number of hydrogen-bond donors (Lipinski definition) is 2. The average Bonchev–Trinajstić information content (AvgIpc) is 2.75. The molecule has 10 heteroatoms. The van der Waals surface area contributed by atoms with Crippen molar-refractivity contribution in [2.24, 2.45) is 0 Å². The molecule has 2 aliphatic heterocycles. The third-order valence-electron chi connectivity index (χ3n) is 5.72. The molecule has 0 aromatic heterocycles. The Kier molecular flexibility index (Phi) is 7.70. The van der Waals surface area contributed by atoms with Gasteiger partial charge in [0, 0.05) is 26.2 Å². The Balaban J connectivity index is 1.60. The fraction of sp³-hybridized carbons (Fsp3) is 0.650. The SMILES string of the molecule is COc1ccccc1S(=O)(=O)N[C@H]1CC[C@@H](CC(=O)N2CCN(C)CC2)O[C@H]1CO. The summed E-state index contributed by atoms with van der Waals surface area (Å²) < 4.78 is 39.4. The van der Waals surface area contributed by atoms with Crippen LogP contribution in [0.4, 0.5) is 0 Å². The topological polar surface area (TPSA) is 108 Å². The molecule has 3 rings (SSSR count). The highest BCUT2D eigenvalue weighted by atomic mass is 32.2. The second kappa shape index (κ2) is 10.1. The highest BCUT2D eigenvalue weighted by Gasteiger charge is 2.36. The molecule has 9 nitrogen and oxygen atoms in total. The monoisotopic (exact) mass is 441 g/mol. The first-order valence-corrected chi connectivity index (χ1v) is 11.7. The van der Waals surface area contributed by atoms with Gasteiger partial charge in [-0.1, -0.05) is 12.1 Å². The minimum atomic E-state index is -3.85. The number of piperazine rings is 1. The Morgan fingerprint density at radius 1 is 1.23 bits per heavy atom. The second-order valence-electron chi connectivity index (χ2n) is 7.82. The summed E-state index contributed by atoms with van der Waals surface area (Å²) >= 11 is 0. The van der Waals surface area contributed by atoms with Gasteiger partial charge in [-0.05, 0) is 32.0 Å². The molecule has 0 saturated carbocycles. The Labute approximate surface area is 178 Å². The quantitative estimate of drug-likeness (QED) is 0.615. The molecule has 0 radical (unpaired) electrons. The van der Waals surface area contributed by atoms with Crippen molar-refractivity contribution in [1.29, 1.82) is 0 Å². The highest BCUT2D eigenvalue weighted by Crippen LogP contribution is 2.27. The van der Waals surface area contributed by atoms with Crippen molar-refractivity contribution >= 4 is 15.9 Å². The predicted molar refractivity (Wildman–Crippen MR) is 111 cm³/mol. The van der Waals surface area contributed by atoms with Crippen molar-refractivity contribution in [1.82, 2.24) is 14.5 Å². The highest BCUT2D eigenvalue weighted by molar-refractivity contribution is 7.89. The lowest BCUT2D eigenvalue weighted by atomic mass is 9.97. The van der Waals surface area contributed by atoms with Crippen molar-refractivity contribution in [2.45, 2.75) is 42.4 Å². The van der Waals surface area contributed by atoms with Crippen LogP contribution in [0.2, 0.25) is 0 Å². The number of amides is 1. The van der Waals surface area contributed by atoms with Gasteiger partial charge in [0.1, 0.15) is 10.6 Å². The summed E-state index contributed by atoms with van der Waals surface area (Å²) in [5.74, 6) is 0.288. The van der Waals surface area contributed by atoms with Crippen molar-refractivity contribution in [3.8, 4) is 5.75 Å². The first kappa shape index (κ1) is 23.0. The normalized spacial score (nSPS) is 25.8. The molecule has 2 heterocycles. The summed E-state index contributed by atoms with van der Waals surface area (Å²) in [4.78, 5) is 16.6. The molecule has 30 heavy (non-hydrogen) atoms. The molecule has 2 aliphatic rings.